The lowest BCUT2D eigenvalue weighted by molar-refractivity contribution is 0.0340. The van der Waals surface area contributed by atoms with E-state index in [4.69, 9.17) is 16.2 Å². The lowest BCUT2D eigenvalue weighted by Gasteiger charge is -2.11. The number of hydrogen-bond donors (Lipinski definition) is 3. The quantitative estimate of drug-likeness (QED) is 0.648. The Balaban J connectivity index is 2.23. The van der Waals surface area contributed by atoms with Crippen LogP contribution in [-0.2, 0) is 11.3 Å². The summed E-state index contributed by atoms with van der Waals surface area (Å²) in [7, 11) is 0. The molecule has 0 unspecified atom stereocenters. The number of imidazole rings is 1. The van der Waals surface area contributed by atoms with Crippen LogP contribution in [0.15, 0.2) is 6.33 Å². The third kappa shape index (κ3) is 2.49. The number of aliphatic hydroxyl groups excluding tert-OH is 1. The Hall–Kier alpha value is -1.93. The molecule has 8 nitrogen and oxygen atoms in total. The van der Waals surface area contributed by atoms with Gasteiger partial charge in [0.15, 0.2) is 11.5 Å². The van der Waals surface area contributed by atoms with Crippen molar-refractivity contribution in [2.24, 2.45) is 0 Å². The number of rotatable bonds is 5. The minimum atomic E-state index is -0.639. The molecule has 0 spiro atoms. The van der Waals surface area contributed by atoms with Crippen LogP contribution in [0.2, 0.25) is 0 Å². The Bertz CT molecular complexity index is 540. The van der Waals surface area contributed by atoms with Crippen LogP contribution in [0.25, 0.3) is 11.2 Å². The highest BCUT2D eigenvalue weighted by atomic mass is 16.5. The van der Waals surface area contributed by atoms with Gasteiger partial charge in [-0.05, 0) is 6.92 Å². The fourth-order valence-electron chi connectivity index (χ4n) is 1.65. The van der Waals surface area contributed by atoms with Gasteiger partial charge in [0.2, 0.25) is 5.95 Å². The second-order valence-electron chi connectivity index (χ2n) is 3.85. The number of anilines is 2. The minimum Gasteiger partial charge on any atom is -0.389 e. The fraction of sp³-hybridized carbons (Fsp3) is 0.500. The van der Waals surface area contributed by atoms with E-state index in [0.29, 0.717) is 24.3 Å². The Morgan fingerprint density at radius 3 is 2.94 bits per heavy atom. The molecule has 0 aromatic carbocycles. The van der Waals surface area contributed by atoms with Crippen molar-refractivity contribution in [2.75, 3.05) is 24.7 Å². The van der Waals surface area contributed by atoms with Crippen molar-refractivity contribution in [2.45, 2.75) is 19.6 Å². The molecule has 18 heavy (non-hydrogen) atoms. The van der Waals surface area contributed by atoms with Crippen molar-refractivity contribution in [1.29, 1.82) is 0 Å². The summed E-state index contributed by atoms with van der Waals surface area (Å²) in [6.45, 7) is 3.00. The summed E-state index contributed by atoms with van der Waals surface area (Å²) in [6.07, 6.45) is 0.907. The summed E-state index contributed by atoms with van der Waals surface area (Å²) >= 11 is 0. The molecule has 0 bridgehead atoms. The molecule has 0 saturated carbocycles. The van der Waals surface area contributed by atoms with E-state index in [1.54, 1.807) is 10.9 Å². The Morgan fingerprint density at radius 1 is 1.44 bits per heavy atom. The molecular formula is C10H16N6O2. The van der Waals surface area contributed by atoms with Gasteiger partial charge in [-0.15, -0.1) is 0 Å². The second-order valence-corrected chi connectivity index (χ2v) is 3.85. The van der Waals surface area contributed by atoms with E-state index in [2.05, 4.69) is 15.0 Å². The van der Waals surface area contributed by atoms with Crippen LogP contribution in [0.1, 0.15) is 6.92 Å². The van der Waals surface area contributed by atoms with E-state index in [1.807, 2.05) is 6.92 Å². The summed E-state index contributed by atoms with van der Waals surface area (Å²) < 4.78 is 6.81. The number of ether oxygens (including phenoxy) is 1. The molecule has 1 atom stereocenters. The summed E-state index contributed by atoms with van der Waals surface area (Å²) in [6, 6.07) is 0. The van der Waals surface area contributed by atoms with Gasteiger partial charge in [-0.25, -0.2) is 4.98 Å². The molecule has 2 aromatic rings. The predicted octanol–water partition coefficient (Wildman–Crippen LogP) is -0.612. The third-order valence-electron chi connectivity index (χ3n) is 2.43. The summed E-state index contributed by atoms with van der Waals surface area (Å²) in [5.41, 5.74) is 12.2. The van der Waals surface area contributed by atoms with E-state index in [0.717, 1.165) is 0 Å². The lowest BCUT2D eigenvalue weighted by atomic mass is 10.3. The summed E-state index contributed by atoms with van der Waals surface area (Å²) in [5, 5.41) is 9.77. The summed E-state index contributed by atoms with van der Waals surface area (Å²) in [4.78, 5) is 12.0. The van der Waals surface area contributed by atoms with Crippen molar-refractivity contribution < 1.29 is 9.84 Å². The van der Waals surface area contributed by atoms with Gasteiger partial charge in [-0.3, -0.25) is 0 Å². The Labute approximate surface area is 104 Å². The van der Waals surface area contributed by atoms with Gasteiger partial charge in [0.1, 0.15) is 5.52 Å². The van der Waals surface area contributed by atoms with E-state index in [1.165, 1.54) is 0 Å². The smallest absolute Gasteiger partial charge is 0.224 e. The molecule has 98 valence electrons. The number of nitrogen functional groups attached to an aromatic ring is 2. The molecule has 0 aliphatic heterocycles. The van der Waals surface area contributed by atoms with Crippen LogP contribution in [0.5, 0.6) is 0 Å². The van der Waals surface area contributed by atoms with Crippen LogP contribution in [0.3, 0.4) is 0 Å². The van der Waals surface area contributed by atoms with Crippen molar-refractivity contribution in [1.82, 2.24) is 19.5 Å². The predicted molar refractivity (Wildman–Crippen MR) is 66.6 cm³/mol. The average Bonchev–Trinajstić information content (AvgIpc) is 2.70. The molecule has 0 aliphatic rings. The first-order chi connectivity index (χ1) is 8.61. The van der Waals surface area contributed by atoms with Gasteiger partial charge in [-0.2, -0.15) is 9.97 Å². The largest absolute Gasteiger partial charge is 0.389 e. The van der Waals surface area contributed by atoms with Crippen molar-refractivity contribution in [3.8, 4) is 0 Å². The molecule has 0 saturated heterocycles. The van der Waals surface area contributed by atoms with Crippen LogP contribution < -0.4 is 11.5 Å². The van der Waals surface area contributed by atoms with Gasteiger partial charge < -0.3 is 25.9 Å². The highest BCUT2D eigenvalue weighted by molar-refractivity contribution is 5.82. The number of nitrogens with zero attached hydrogens (tertiary/aromatic N) is 4. The Kier molecular flexibility index (Phi) is 3.58. The van der Waals surface area contributed by atoms with Crippen LogP contribution in [0, 0.1) is 0 Å². The number of aliphatic hydroxyl groups is 1. The standard InChI is InChI=1S/C10H16N6O2/c1-2-18-4-6(17)3-16-5-13-7-8(11)14-10(12)15-9(7)16/h5-6,17H,2-4H2,1H3,(H4,11,12,14,15)/t6-/m0/s1. The van der Waals surface area contributed by atoms with Crippen molar-refractivity contribution in [3.05, 3.63) is 6.33 Å². The summed E-state index contributed by atoms with van der Waals surface area (Å²) in [5.74, 6) is 0.316. The van der Waals surface area contributed by atoms with E-state index < -0.39 is 6.10 Å². The molecule has 2 rings (SSSR count). The molecule has 0 amide bonds. The molecule has 8 heteroatoms. The van der Waals surface area contributed by atoms with Crippen molar-refractivity contribution in [3.63, 3.8) is 0 Å². The molecule has 0 aliphatic carbocycles. The average molecular weight is 252 g/mol. The third-order valence-corrected chi connectivity index (χ3v) is 2.43. The van der Waals surface area contributed by atoms with Gasteiger partial charge in [0.25, 0.3) is 0 Å². The highest BCUT2D eigenvalue weighted by Gasteiger charge is 2.12. The molecule has 2 aromatic heterocycles. The van der Waals surface area contributed by atoms with Gasteiger partial charge in [0.05, 0.1) is 25.6 Å². The van der Waals surface area contributed by atoms with E-state index in [-0.39, 0.29) is 18.4 Å². The number of hydrogen-bond acceptors (Lipinski definition) is 7. The first kappa shape index (κ1) is 12.5. The SMILES string of the molecule is CCOC[C@@H](O)Cn1cnc2c(N)nc(N)nc21. The van der Waals surface area contributed by atoms with Crippen LogP contribution >= 0.6 is 0 Å². The molecule has 0 fully saturated rings. The van der Waals surface area contributed by atoms with E-state index >= 15 is 0 Å². The van der Waals surface area contributed by atoms with Crippen LogP contribution in [-0.4, -0.2) is 43.9 Å². The van der Waals surface area contributed by atoms with Gasteiger partial charge in [-0.1, -0.05) is 0 Å². The first-order valence-corrected chi connectivity index (χ1v) is 5.61. The molecule has 0 radical (unpaired) electrons. The van der Waals surface area contributed by atoms with Gasteiger partial charge in [0, 0.05) is 6.61 Å². The minimum absolute atomic E-state index is 0.0843. The maximum Gasteiger partial charge on any atom is 0.224 e. The maximum absolute atomic E-state index is 9.77. The zero-order valence-electron chi connectivity index (χ0n) is 10.1. The van der Waals surface area contributed by atoms with Gasteiger partial charge >= 0.3 is 0 Å². The number of fused-ring (bicyclic) bond motifs is 1. The normalized spacial score (nSPS) is 13.0. The van der Waals surface area contributed by atoms with Crippen LogP contribution in [0.4, 0.5) is 11.8 Å². The second kappa shape index (κ2) is 5.15. The molecule has 5 N–H and O–H groups in total. The lowest BCUT2D eigenvalue weighted by Crippen LogP contribution is -2.21. The van der Waals surface area contributed by atoms with Crippen molar-refractivity contribution >= 4 is 22.9 Å². The zero-order chi connectivity index (χ0) is 13.1. The fourth-order valence-corrected chi connectivity index (χ4v) is 1.65. The molecular weight excluding hydrogens is 236 g/mol. The maximum atomic E-state index is 9.77. The molecule has 2 heterocycles. The number of aromatic nitrogens is 4. The zero-order valence-corrected chi connectivity index (χ0v) is 10.1. The topological polar surface area (TPSA) is 125 Å². The number of nitrogens with two attached hydrogens (primary N) is 2. The first-order valence-electron chi connectivity index (χ1n) is 5.61. The monoisotopic (exact) mass is 252 g/mol. The Morgan fingerprint density at radius 2 is 2.22 bits per heavy atom. The highest BCUT2D eigenvalue weighted by Crippen LogP contribution is 2.17. The van der Waals surface area contributed by atoms with E-state index in [9.17, 15) is 5.11 Å².